The summed E-state index contributed by atoms with van der Waals surface area (Å²) in [5, 5.41) is 0. The molecular formula is C36H45N5O2. The van der Waals surface area contributed by atoms with Crippen molar-refractivity contribution in [3.8, 4) is 0 Å². The van der Waals surface area contributed by atoms with E-state index in [4.69, 9.17) is 4.99 Å². The molecule has 226 valence electrons. The summed E-state index contributed by atoms with van der Waals surface area (Å²) in [5.74, 6) is 0.731. The van der Waals surface area contributed by atoms with Crippen molar-refractivity contribution in [2.45, 2.75) is 60.5 Å². The largest absolute Gasteiger partial charge is 0.331 e. The van der Waals surface area contributed by atoms with E-state index in [9.17, 15) is 9.59 Å². The lowest BCUT2D eigenvalue weighted by molar-refractivity contribution is 0.116. The van der Waals surface area contributed by atoms with Crippen molar-refractivity contribution in [3.63, 3.8) is 0 Å². The van der Waals surface area contributed by atoms with Gasteiger partial charge in [-0.05, 0) is 87.4 Å². The average Bonchev–Trinajstić information content (AvgIpc) is 3.39. The highest BCUT2D eigenvalue weighted by Gasteiger charge is 2.45. The third-order valence-corrected chi connectivity index (χ3v) is 9.54. The van der Waals surface area contributed by atoms with Crippen LogP contribution in [0.5, 0.6) is 0 Å². The Kier molecular flexibility index (Phi) is 8.37. The first-order chi connectivity index (χ1) is 20.4. The van der Waals surface area contributed by atoms with Crippen molar-refractivity contribution in [1.82, 2.24) is 19.6 Å². The minimum Gasteiger partial charge on any atom is -0.331 e. The molecule has 2 heterocycles. The number of rotatable bonds is 3. The molecule has 0 saturated carbocycles. The van der Waals surface area contributed by atoms with Crippen molar-refractivity contribution in [2.24, 2.45) is 4.99 Å². The molecule has 0 bridgehead atoms. The summed E-state index contributed by atoms with van der Waals surface area (Å²) in [4.78, 5) is 40.2. The van der Waals surface area contributed by atoms with E-state index in [1.165, 1.54) is 27.8 Å². The van der Waals surface area contributed by atoms with Gasteiger partial charge in [0.1, 0.15) is 11.9 Å². The monoisotopic (exact) mass is 579 g/mol. The molecule has 43 heavy (non-hydrogen) atoms. The maximum Gasteiger partial charge on any atom is 0.326 e. The Bertz CT molecular complexity index is 1540. The Balaban J connectivity index is 1.66. The summed E-state index contributed by atoms with van der Waals surface area (Å²) < 4.78 is 0. The SMILES string of the molecule is Cc1ccc([C@H]2N=C(c3c(C)c(C)c(C)c(C)c3C)N(C(=O)N3CCN(C(=O)N(C)C)CC3)[C@H]2c2ccc(C)cc2)cc1. The maximum absolute atomic E-state index is 14.8. The van der Waals surface area contributed by atoms with Crippen molar-refractivity contribution < 1.29 is 9.59 Å². The molecule has 7 nitrogen and oxygen atoms in total. The van der Waals surface area contributed by atoms with E-state index in [0.29, 0.717) is 26.2 Å². The van der Waals surface area contributed by atoms with Gasteiger partial charge >= 0.3 is 12.1 Å². The summed E-state index contributed by atoms with van der Waals surface area (Å²) in [6.45, 7) is 16.9. The number of amidine groups is 1. The number of aryl methyl sites for hydroxylation is 2. The van der Waals surface area contributed by atoms with Gasteiger partial charge in [-0.15, -0.1) is 0 Å². The summed E-state index contributed by atoms with van der Waals surface area (Å²) >= 11 is 0. The van der Waals surface area contributed by atoms with Gasteiger partial charge in [0.25, 0.3) is 0 Å². The third kappa shape index (κ3) is 5.53. The fraction of sp³-hybridized carbons (Fsp3) is 0.417. The number of aliphatic imine (C=N–C) groups is 1. The Morgan fingerprint density at radius 3 is 1.58 bits per heavy atom. The van der Waals surface area contributed by atoms with Gasteiger partial charge < -0.3 is 14.7 Å². The van der Waals surface area contributed by atoms with Crippen LogP contribution in [0.2, 0.25) is 0 Å². The fourth-order valence-corrected chi connectivity index (χ4v) is 6.41. The molecule has 3 aromatic carbocycles. The van der Waals surface area contributed by atoms with Crippen molar-refractivity contribution >= 4 is 17.9 Å². The van der Waals surface area contributed by atoms with Crippen LogP contribution in [0.3, 0.4) is 0 Å². The first kappa shape index (κ1) is 30.3. The molecule has 2 aliphatic heterocycles. The van der Waals surface area contributed by atoms with Gasteiger partial charge in [0.05, 0.1) is 6.04 Å². The quantitative estimate of drug-likeness (QED) is 0.342. The first-order valence-corrected chi connectivity index (χ1v) is 15.2. The second-order valence-corrected chi connectivity index (χ2v) is 12.5. The van der Waals surface area contributed by atoms with Gasteiger partial charge in [-0.3, -0.25) is 9.89 Å². The minimum absolute atomic E-state index is 0.0238. The van der Waals surface area contributed by atoms with Gasteiger partial charge in [0.2, 0.25) is 0 Å². The lowest BCUT2D eigenvalue weighted by atomic mass is 9.88. The number of amides is 4. The predicted octanol–water partition coefficient (Wildman–Crippen LogP) is 6.81. The molecule has 2 atom stereocenters. The molecular weight excluding hydrogens is 534 g/mol. The van der Waals surface area contributed by atoms with E-state index in [1.807, 2.05) is 14.7 Å². The molecule has 0 N–H and O–H groups in total. The van der Waals surface area contributed by atoms with E-state index in [1.54, 1.807) is 19.0 Å². The maximum atomic E-state index is 14.8. The molecule has 7 heteroatoms. The van der Waals surface area contributed by atoms with E-state index in [0.717, 1.165) is 33.7 Å². The van der Waals surface area contributed by atoms with Crippen molar-refractivity contribution in [1.29, 1.82) is 0 Å². The van der Waals surface area contributed by atoms with Crippen LogP contribution in [0, 0.1) is 48.5 Å². The molecule has 1 fully saturated rings. The lowest BCUT2D eigenvalue weighted by Crippen LogP contribution is -2.56. The van der Waals surface area contributed by atoms with Crippen LogP contribution in [0.25, 0.3) is 0 Å². The zero-order valence-electron chi connectivity index (χ0n) is 27.2. The lowest BCUT2D eigenvalue weighted by Gasteiger charge is -2.40. The Morgan fingerprint density at radius 1 is 0.651 bits per heavy atom. The van der Waals surface area contributed by atoms with E-state index in [-0.39, 0.29) is 24.1 Å². The van der Waals surface area contributed by atoms with Crippen molar-refractivity contribution in [3.05, 3.63) is 104 Å². The van der Waals surface area contributed by atoms with Crippen LogP contribution in [-0.2, 0) is 0 Å². The summed E-state index contributed by atoms with van der Waals surface area (Å²) in [6, 6.07) is 16.4. The molecule has 0 aliphatic carbocycles. The number of carbonyl (C=O) groups excluding carboxylic acids is 2. The summed E-state index contributed by atoms with van der Waals surface area (Å²) in [5.41, 5.74) is 11.6. The summed E-state index contributed by atoms with van der Waals surface area (Å²) in [6.07, 6.45) is 0. The number of carbonyl (C=O) groups is 2. The molecule has 0 aromatic heterocycles. The Labute approximate surface area is 256 Å². The zero-order valence-corrected chi connectivity index (χ0v) is 27.2. The van der Waals surface area contributed by atoms with E-state index in [2.05, 4.69) is 97.0 Å². The van der Waals surface area contributed by atoms with Crippen LogP contribution in [0.1, 0.15) is 67.7 Å². The van der Waals surface area contributed by atoms with Crippen LogP contribution >= 0.6 is 0 Å². The van der Waals surface area contributed by atoms with Crippen LogP contribution in [-0.4, -0.2) is 77.8 Å². The fourth-order valence-electron chi connectivity index (χ4n) is 6.41. The minimum atomic E-state index is -0.312. The Morgan fingerprint density at radius 2 is 1.09 bits per heavy atom. The van der Waals surface area contributed by atoms with Gasteiger partial charge in [-0.2, -0.15) is 0 Å². The molecule has 0 unspecified atom stereocenters. The molecule has 3 aromatic rings. The zero-order chi connectivity index (χ0) is 31.2. The molecule has 5 rings (SSSR count). The number of piperazine rings is 1. The second-order valence-electron chi connectivity index (χ2n) is 12.5. The highest BCUT2D eigenvalue weighted by atomic mass is 16.2. The number of hydrogen-bond donors (Lipinski definition) is 0. The molecule has 4 amide bonds. The average molecular weight is 580 g/mol. The Hall–Kier alpha value is -4.13. The molecule has 0 spiro atoms. The topological polar surface area (TPSA) is 59.5 Å². The normalized spacial score (nSPS) is 18.6. The highest BCUT2D eigenvalue weighted by molar-refractivity contribution is 6.11. The molecule has 1 saturated heterocycles. The number of nitrogens with zero attached hydrogens (tertiary/aromatic N) is 5. The van der Waals surface area contributed by atoms with E-state index < -0.39 is 0 Å². The highest BCUT2D eigenvalue weighted by Crippen LogP contribution is 2.45. The number of hydrogen-bond acceptors (Lipinski definition) is 3. The van der Waals surface area contributed by atoms with Gasteiger partial charge in [0.15, 0.2) is 0 Å². The molecule has 2 aliphatic rings. The van der Waals surface area contributed by atoms with Crippen LogP contribution < -0.4 is 0 Å². The predicted molar refractivity (Wildman–Crippen MR) is 174 cm³/mol. The third-order valence-electron chi connectivity index (χ3n) is 9.54. The first-order valence-electron chi connectivity index (χ1n) is 15.2. The van der Waals surface area contributed by atoms with Gasteiger partial charge in [-0.1, -0.05) is 59.7 Å². The summed E-state index contributed by atoms with van der Waals surface area (Å²) in [7, 11) is 3.53. The smallest absolute Gasteiger partial charge is 0.326 e. The van der Waals surface area contributed by atoms with E-state index >= 15 is 0 Å². The standard InChI is InChI=1S/C36H45N5O2/c1-22-10-14-29(15-11-22)32-33(30-16-12-23(2)13-17-30)41(36(43)40-20-18-39(19-21-40)35(42)38(8)9)34(37-32)31-27(6)25(4)24(3)26(5)28(31)7/h10-17,32-33H,18-21H2,1-9H3/t32-,33+/m1/s1. The van der Waals surface area contributed by atoms with Gasteiger partial charge in [0, 0.05) is 45.8 Å². The van der Waals surface area contributed by atoms with Crippen molar-refractivity contribution in [2.75, 3.05) is 40.3 Å². The number of urea groups is 2. The second kappa shape index (κ2) is 11.9. The molecule has 0 radical (unpaired) electrons. The van der Waals surface area contributed by atoms with Gasteiger partial charge in [-0.25, -0.2) is 9.59 Å². The van der Waals surface area contributed by atoms with Crippen LogP contribution in [0.4, 0.5) is 9.59 Å². The number of benzene rings is 3. The van der Waals surface area contributed by atoms with Crippen LogP contribution in [0.15, 0.2) is 53.5 Å².